The van der Waals surface area contributed by atoms with E-state index in [0.29, 0.717) is 23.0 Å². The van der Waals surface area contributed by atoms with Gasteiger partial charge < -0.3 is 10.2 Å². The van der Waals surface area contributed by atoms with Crippen molar-refractivity contribution in [1.29, 1.82) is 0 Å². The average Bonchev–Trinajstić information content (AvgIpc) is 3.86. The molecular weight excluding hydrogens is 725 g/mol. The maximum absolute atomic E-state index is 11.1. The van der Waals surface area contributed by atoms with E-state index in [1.807, 2.05) is 24.3 Å². The van der Waals surface area contributed by atoms with Crippen LogP contribution < -0.4 is 0 Å². The summed E-state index contributed by atoms with van der Waals surface area (Å²) >= 11 is 0. The minimum atomic E-state index is -0.872. The molecule has 2 atom stereocenters. The Morgan fingerprint density at radius 3 is 1.41 bits per heavy atom. The van der Waals surface area contributed by atoms with Gasteiger partial charge in [0.1, 0.15) is 0 Å². The normalized spacial score (nSPS) is 23.5. The molecule has 0 heterocycles. The van der Waals surface area contributed by atoms with Gasteiger partial charge in [0.05, 0.1) is 11.1 Å². The highest BCUT2D eigenvalue weighted by Crippen LogP contribution is 2.50. The van der Waals surface area contributed by atoms with Gasteiger partial charge in [0.15, 0.2) is 0 Å². The molecule has 0 aromatic heterocycles. The van der Waals surface area contributed by atoms with E-state index in [2.05, 4.69) is 105 Å². The molecule has 4 heteroatoms. The van der Waals surface area contributed by atoms with Crippen LogP contribution in [0.25, 0.3) is 12.2 Å². The van der Waals surface area contributed by atoms with Crippen molar-refractivity contribution < 1.29 is 19.8 Å². The van der Waals surface area contributed by atoms with E-state index in [1.54, 1.807) is 41.0 Å². The first kappa shape index (κ1) is 42.4. The van der Waals surface area contributed by atoms with Gasteiger partial charge in [-0.2, -0.15) is 0 Å². The second-order valence-corrected chi connectivity index (χ2v) is 20.9. The van der Waals surface area contributed by atoms with Crippen molar-refractivity contribution in [3.63, 3.8) is 0 Å². The van der Waals surface area contributed by atoms with Gasteiger partial charge in [0.25, 0.3) is 0 Å². The highest BCUT2D eigenvalue weighted by Gasteiger charge is 2.39. The van der Waals surface area contributed by atoms with E-state index in [9.17, 15) is 9.59 Å². The summed E-state index contributed by atoms with van der Waals surface area (Å²) in [5.41, 5.74) is 17.5. The SMILES string of the molecule is CC1(C)CCC(C)(C)c2cc(C3CC/C(=C\c4ccc(C(=O)O)cc4)C3)ccc21.Cc1cc2c(cc1C1CC/C(=C\c3ccc(C(=O)O)cc3)C1)C(C)(C)CCC2(C)C. The van der Waals surface area contributed by atoms with Crippen molar-refractivity contribution in [3.8, 4) is 0 Å². The largest absolute Gasteiger partial charge is 0.478 e. The summed E-state index contributed by atoms with van der Waals surface area (Å²) in [5.74, 6) is -0.570. The fourth-order valence-electron chi connectivity index (χ4n) is 10.5. The molecule has 4 aromatic carbocycles. The standard InChI is InChI=1S/C28H34O2.C27H32O2/c1-18-14-24-25(28(4,5)13-12-27(24,2)3)17-23(18)22-11-8-20(16-22)15-19-6-9-21(10-7-19)26(29)30;1-26(2)13-14-27(3,4)24-17-22(11-12-23(24)26)21-10-7-19(16-21)15-18-5-8-20(9-6-18)25(28)29/h6-7,9-10,14-15,17,22H,8,11-13,16H2,1-5H3,(H,29,30);5-6,8-9,11-12,15,17,21H,7,10,13-14,16H2,1-4H3,(H,28,29)/b20-15+;19-15+. The van der Waals surface area contributed by atoms with Gasteiger partial charge in [0, 0.05) is 0 Å². The smallest absolute Gasteiger partial charge is 0.335 e. The van der Waals surface area contributed by atoms with Crippen LogP contribution in [0.3, 0.4) is 0 Å². The molecule has 4 aliphatic rings. The Bertz CT molecular complexity index is 2290. The molecule has 59 heavy (non-hydrogen) atoms. The van der Waals surface area contributed by atoms with Crippen molar-refractivity contribution in [3.05, 3.63) is 151 Å². The number of carboxylic acids is 2. The summed E-state index contributed by atoms with van der Waals surface area (Å²) in [5, 5.41) is 18.1. The third-order valence-corrected chi connectivity index (χ3v) is 14.7. The van der Waals surface area contributed by atoms with Gasteiger partial charge in [-0.05, 0) is 179 Å². The maximum Gasteiger partial charge on any atom is 0.335 e. The van der Waals surface area contributed by atoms with Crippen molar-refractivity contribution >= 4 is 24.1 Å². The van der Waals surface area contributed by atoms with Gasteiger partial charge in [-0.25, -0.2) is 9.59 Å². The van der Waals surface area contributed by atoms with Crippen molar-refractivity contribution in [2.75, 3.05) is 0 Å². The summed E-state index contributed by atoms with van der Waals surface area (Å²) in [7, 11) is 0. The lowest BCUT2D eigenvalue weighted by Crippen LogP contribution is -2.34. The van der Waals surface area contributed by atoms with Crippen LogP contribution in [-0.2, 0) is 21.7 Å². The molecule has 0 radical (unpaired) electrons. The van der Waals surface area contributed by atoms with Crippen LogP contribution in [0.15, 0.2) is 90.0 Å². The molecular formula is C55H66O4. The number of aryl methyl sites for hydroxylation is 1. The second kappa shape index (κ2) is 16.1. The molecule has 0 saturated heterocycles. The molecule has 2 N–H and O–H groups in total. The Labute approximate surface area is 353 Å². The number of rotatable bonds is 6. The zero-order valence-electron chi connectivity index (χ0n) is 37.1. The molecule has 0 spiro atoms. The lowest BCUT2D eigenvalue weighted by atomic mass is 9.62. The quantitative estimate of drug-likeness (QED) is 0.204. The number of benzene rings is 4. The topological polar surface area (TPSA) is 74.6 Å². The highest BCUT2D eigenvalue weighted by molar-refractivity contribution is 5.88. The summed E-state index contributed by atoms with van der Waals surface area (Å²) < 4.78 is 0. The van der Waals surface area contributed by atoms with Crippen LogP contribution in [0.1, 0.15) is 202 Å². The van der Waals surface area contributed by atoms with Crippen molar-refractivity contribution in [2.24, 2.45) is 0 Å². The molecule has 310 valence electrons. The minimum Gasteiger partial charge on any atom is -0.478 e. The predicted octanol–water partition coefficient (Wildman–Crippen LogP) is 14.5. The maximum atomic E-state index is 11.1. The molecule has 2 saturated carbocycles. The third-order valence-electron chi connectivity index (χ3n) is 14.7. The number of hydrogen-bond acceptors (Lipinski definition) is 2. The fraction of sp³-hybridized carbons (Fsp3) is 0.455. The first-order valence-corrected chi connectivity index (χ1v) is 22.1. The lowest BCUT2D eigenvalue weighted by Gasteiger charge is -2.42. The summed E-state index contributed by atoms with van der Waals surface area (Å²) in [6.45, 7) is 21.4. The number of hydrogen-bond donors (Lipinski definition) is 2. The molecule has 2 fully saturated rings. The zero-order chi connectivity index (χ0) is 42.5. The zero-order valence-corrected chi connectivity index (χ0v) is 37.1. The Kier molecular flexibility index (Phi) is 11.5. The van der Waals surface area contributed by atoms with Crippen molar-refractivity contribution in [1.82, 2.24) is 0 Å². The third kappa shape index (κ3) is 9.08. The minimum absolute atomic E-state index is 0.246. The number of carboxylic acid groups (broad SMARTS) is 2. The van der Waals surface area contributed by atoms with Gasteiger partial charge in [-0.15, -0.1) is 0 Å². The lowest BCUT2D eigenvalue weighted by molar-refractivity contribution is 0.0686. The first-order chi connectivity index (χ1) is 27.7. The molecule has 4 aromatic rings. The van der Waals surface area contributed by atoms with Gasteiger partial charge >= 0.3 is 11.9 Å². The van der Waals surface area contributed by atoms with Crippen LogP contribution in [0.5, 0.6) is 0 Å². The molecule has 0 bridgehead atoms. The Morgan fingerprint density at radius 1 is 0.525 bits per heavy atom. The first-order valence-electron chi connectivity index (χ1n) is 22.1. The molecule has 2 unspecified atom stereocenters. The Morgan fingerprint density at radius 2 is 0.932 bits per heavy atom. The fourth-order valence-corrected chi connectivity index (χ4v) is 10.5. The van der Waals surface area contributed by atoms with E-state index in [0.717, 1.165) is 36.8 Å². The average molecular weight is 791 g/mol. The predicted molar refractivity (Wildman–Crippen MR) is 244 cm³/mol. The van der Waals surface area contributed by atoms with Crippen LogP contribution in [-0.4, -0.2) is 22.2 Å². The molecule has 4 nitrogen and oxygen atoms in total. The van der Waals surface area contributed by atoms with Crippen molar-refractivity contribution in [2.45, 2.75) is 160 Å². The van der Waals surface area contributed by atoms with Crippen LogP contribution in [0, 0.1) is 6.92 Å². The Balaban J connectivity index is 0.000000179. The van der Waals surface area contributed by atoms with E-state index in [1.165, 1.54) is 71.9 Å². The van der Waals surface area contributed by atoms with Crippen LogP contribution >= 0.6 is 0 Å². The molecule has 8 rings (SSSR count). The highest BCUT2D eigenvalue weighted by atomic mass is 16.4. The summed E-state index contributed by atoms with van der Waals surface area (Å²) in [6.07, 6.45) is 16.3. The number of aromatic carboxylic acids is 2. The summed E-state index contributed by atoms with van der Waals surface area (Å²) in [4.78, 5) is 22.1. The molecule has 0 amide bonds. The van der Waals surface area contributed by atoms with E-state index in [-0.39, 0.29) is 21.7 Å². The number of carbonyl (C=O) groups is 2. The summed E-state index contributed by atoms with van der Waals surface area (Å²) in [6, 6.07) is 26.7. The van der Waals surface area contributed by atoms with Crippen LogP contribution in [0.2, 0.25) is 0 Å². The monoisotopic (exact) mass is 790 g/mol. The number of fused-ring (bicyclic) bond motifs is 2. The number of allylic oxidation sites excluding steroid dienone is 2. The van der Waals surface area contributed by atoms with E-state index >= 15 is 0 Å². The molecule has 0 aliphatic heterocycles. The van der Waals surface area contributed by atoms with Crippen LogP contribution in [0.4, 0.5) is 0 Å². The Hall–Kier alpha value is -4.70. The second-order valence-electron chi connectivity index (χ2n) is 20.9. The molecule has 4 aliphatic carbocycles. The van der Waals surface area contributed by atoms with Gasteiger partial charge in [-0.3, -0.25) is 0 Å². The van der Waals surface area contributed by atoms with Gasteiger partial charge in [-0.1, -0.05) is 133 Å². The van der Waals surface area contributed by atoms with E-state index in [4.69, 9.17) is 10.2 Å². The van der Waals surface area contributed by atoms with E-state index < -0.39 is 11.9 Å². The van der Waals surface area contributed by atoms with Gasteiger partial charge in [0.2, 0.25) is 0 Å².